The molecule has 1 aliphatic heterocycles. The Morgan fingerprint density at radius 3 is 2.44 bits per heavy atom. The van der Waals surface area contributed by atoms with Crippen LogP contribution in [-0.2, 0) is 4.79 Å². The van der Waals surface area contributed by atoms with Gasteiger partial charge in [0.15, 0.2) is 0 Å². The van der Waals surface area contributed by atoms with E-state index < -0.39 is 0 Å². The van der Waals surface area contributed by atoms with Crippen molar-refractivity contribution in [1.82, 2.24) is 15.5 Å². The fraction of sp³-hybridized carbons (Fsp3) is 0.929. The Balaban J connectivity index is 1.95. The van der Waals surface area contributed by atoms with Crippen molar-refractivity contribution >= 4 is 5.91 Å². The number of carbonyl (C=O) groups excluding carboxylic acids is 1. The van der Waals surface area contributed by atoms with E-state index >= 15 is 0 Å². The van der Waals surface area contributed by atoms with Gasteiger partial charge in [0.1, 0.15) is 0 Å². The average Bonchev–Trinajstić information content (AvgIpc) is 2.63. The number of nitrogens with one attached hydrogen (secondary N) is 2. The zero-order chi connectivity index (χ0) is 13.1. The standard InChI is InChI=1S/C14H29N3O/c1-15-9-6-8-14(18)16-10-7-13-17-11-4-2-3-5-12-17/h15H,2-13H2,1H3,(H,16,18). The Bertz CT molecular complexity index is 213. The highest BCUT2D eigenvalue weighted by molar-refractivity contribution is 5.75. The molecule has 18 heavy (non-hydrogen) atoms. The molecule has 1 heterocycles. The average molecular weight is 255 g/mol. The molecule has 0 saturated carbocycles. The van der Waals surface area contributed by atoms with Gasteiger partial charge in [0.25, 0.3) is 0 Å². The molecule has 0 aromatic rings. The molecule has 1 saturated heterocycles. The Labute approximate surface area is 111 Å². The van der Waals surface area contributed by atoms with E-state index in [1.807, 2.05) is 7.05 Å². The maximum atomic E-state index is 11.5. The maximum Gasteiger partial charge on any atom is 0.220 e. The minimum absolute atomic E-state index is 0.195. The van der Waals surface area contributed by atoms with Gasteiger partial charge in [0.2, 0.25) is 5.91 Å². The van der Waals surface area contributed by atoms with E-state index in [9.17, 15) is 4.79 Å². The Kier molecular flexibility index (Phi) is 8.86. The van der Waals surface area contributed by atoms with E-state index in [0.717, 1.165) is 32.5 Å². The number of hydrogen-bond donors (Lipinski definition) is 2. The molecule has 2 N–H and O–H groups in total. The number of nitrogens with zero attached hydrogens (tertiary/aromatic N) is 1. The molecule has 0 unspecified atom stereocenters. The zero-order valence-corrected chi connectivity index (χ0v) is 11.8. The van der Waals surface area contributed by atoms with Crippen LogP contribution in [0.2, 0.25) is 0 Å². The smallest absolute Gasteiger partial charge is 0.220 e. The molecule has 0 radical (unpaired) electrons. The van der Waals surface area contributed by atoms with E-state index in [-0.39, 0.29) is 5.91 Å². The molecular formula is C14H29N3O. The van der Waals surface area contributed by atoms with Crippen molar-refractivity contribution in [3.63, 3.8) is 0 Å². The van der Waals surface area contributed by atoms with Crippen molar-refractivity contribution in [2.24, 2.45) is 0 Å². The second kappa shape index (κ2) is 10.3. The van der Waals surface area contributed by atoms with Crippen molar-refractivity contribution in [2.45, 2.75) is 44.9 Å². The van der Waals surface area contributed by atoms with Crippen molar-refractivity contribution in [2.75, 3.05) is 39.8 Å². The summed E-state index contributed by atoms with van der Waals surface area (Å²) in [6.07, 6.45) is 8.11. The molecule has 106 valence electrons. The van der Waals surface area contributed by atoms with Gasteiger partial charge in [-0.05, 0) is 58.9 Å². The Morgan fingerprint density at radius 2 is 1.78 bits per heavy atom. The van der Waals surface area contributed by atoms with Crippen LogP contribution in [0.4, 0.5) is 0 Å². The summed E-state index contributed by atoms with van der Waals surface area (Å²) < 4.78 is 0. The van der Waals surface area contributed by atoms with Gasteiger partial charge >= 0.3 is 0 Å². The highest BCUT2D eigenvalue weighted by Gasteiger charge is 2.08. The van der Waals surface area contributed by atoms with Crippen molar-refractivity contribution in [3.05, 3.63) is 0 Å². The number of amides is 1. The first-order valence-electron chi connectivity index (χ1n) is 7.46. The predicted octanol–water partition coefficient (Wildman–Crippen LogP) is 1.37. The molecule has 0 aliphatic carbocycles. The number of rotatable bonds is 8. The molecule has 1 fully saturated rings. The van der Waals surface area contributed by atoms with Crippen LogP contribution in [0.25, 0.3) is 0 Å². The molecule has 4 heteroatoms. The molecule has 1 rings (SSSR count). The summed E-state index contributed by atoms with van der Waals surface area (Å²) in [6.45, 7) is 5.37. The quantitative estimate of drug-likeness (QED) is 0.644. The highest BCUT2D eigenvalue weighted by atomic mass is 16.1. The summed E-state index contributed by atoms with van der Waals surface area (Å²) in [7, 11) is 1.92. The summed E-state index contributed by atoms with van der Waals surface area (Å²) >= 11 is 0. The molecule has 4 nitrogen and oxygen atoms in total. The van der Waals surface area contributed by atoms with Gasteiger partial charge in [-0.15, -0.1) is 0 Å². The summed E-state index contributed by atoms with van der Waals surface area (Å²) in [5.41, 5.74) is 0. The summed E-state index contributed by atoms with van der Waals surface area (Å²) in [5, 5.41) is 6.06. The molecule has 1 aliphatic rings. The van der Waals surface area contributed by atoms with Crippen LogP contribution in [-0.4, -0.2) is 50.6 Å². The predicted molar refractivity (Wildman–Crippen MR) is 75.7 cm³/mol. The first-order valence-corrected chi connectivity index (χ1v) is 7.46. The molecular weight excluding hydrogens is 226 g/mol. The maximum absolute atomic E-state index is 11.5. The fourth-order valence-electron chi connectivity index (χ4n) is 2.40. The van der Waals surface area contributed by atoms with Gasteiger partial charge in [0.05, 0.1) is 0 Å². The summed E-state index contributed by atoms with van der Waals surface area (Å²) in [6, 6.07) is 0. The molecule has 1 amide bonds. The largest absolute Gasteiger partial charge is 0.356 e. The number of carbonyl (C=O) groups is 1. The molecule has 0 aromatic carbocycles. The van der Waals surface area contributed by atoms with Crippen LogP contribution >= 0.6 is 0 Å². The first kappa shape index (κ1) is 15.4. The summed E-state index contributed by atoms with van der Waals surface area (Å²) in [4.78, 5) is 14.0. The minimum Gasteiger partial charge on any atom is -0.356 e. The zero-order valence-electron chi connectivity index (χ0n) is 11.8. The number of hydrogen-bond acceptors (Lipinski definition) is 3. The van der Waals surface area contributed by atoms with E-state index in [4.69, 9.17) is 0 Å². The highest BCUT2D eigenvalue weighted by Crippen LogP contribution is 2.09. The van der Waals surface area contributed by atoms with Crippen LogP contribution in [0.3, 0.4) is 0 Å². The molecule has 0 bridgehead atoms. The molecule has 0 spiro atoms. The Hall–Kier alpha value is -0.610. The van der Waals surface area contributed by atoms with Gasteiger partial charge in [-0.2, -0.15) is 0 Å². The van der Waals surface area contributed by atoms with E-state index in [1.54, 1.807) is 0 Å². The van der Waals surface area contributed by atoms with Crippen molar-refractivity contribution in [3.8, 4) is 0 Å². The number of likely N-dealkylation sites (tertiary alicyclic amines) is 1. The van der Waals surface area contributed by atoms with Gasteiger partial charge in [-0.3, -0.25) is 4.79 Å². The van der Waals surface area contributed by atoms with Crippen molar-refractivity contribution in [1.29, 1.82) is 0 Å². The Morgan fingerprint density at radius 1 is 1.06 bits per heavy atom. The van der Waals surface area contributed by atoms with Gasteiger partial charge < -0.3 is 15.5 Å². The normalized spacial score (nSPS) is 17.4. The van der Waals surface area contributed by atoms with Crippen LogP contribution in [0.1, 0.15) is 44.9 Å². The second-order valence-corrected chi connectivity index (χ2v) is 5.17. The van der Waals surface area contributed by atoms with Gasteiger partial charge in [-0.25, -0.2) is 0 Å². The first-order chi connectivity index (χ1) is 8.83. The third kappa shape index (κ3) is 7.67. The van der Waals surface area contributed by atoms with Gasteiger partial charge in [0, 0.05) is 13.0 Å². The van der Waals surface area contributed by atoms with Crippen LogP contribution in [0.5, 0.6) is 0 Å². The monoisotopic (exact) mass is 255 g/mol. The second-order valence-electron chi connectivity index (χ2n) is 5.17. The minimum atomic E-state index is 0.195. The van der Waals surface area contributed by atoms with E-state index in [2.05, 4.69) is 15.5 Å². The lowest BCUT2D eigenvalue weighted by molar-refractivity contribution is -0.121. The van der Waals surface area contributed by atoms with Crippen LogP contribution < -0.4 is 10.6 Å². The topological polar surface area (TPSA) is 44.4 Å². The molecule has 0 aromatic heterocycles. The lowest BCUT2D eigenvalue weighted by Gasteiger charge is -2.19. The summed E-state index contributed by atoms with van der Waals surface area (Å²) in [5.74, 6) is 0.195. The SMILES string of the molecule is CNCCCC(=O)NCCCN1CCCCCC1. The lowest BCUT2D eigenvalue weighted by Crippen LogP contribution is -2.30. The van der Waals surface area contributed by atoms with Crippen molar-refractivity contribution < 1.29 is 4.79 Å². The molecule has 0 atom stereocenters. The van der Waals surface area contributed by atoms with Crippen LogP contribution in [0, 0.1) is 0 Å². The van der Waals surface area contributed by atoms with Crippen LogP contribution in [0.15, 0.2) is 0 Å². The van der Waals surface area contributed by atoms with E-state index in [0.29, 0.717) is 6.42 Å². The van der Waals surface area contributed by atoms with E-state index in [1.165, 1.54) is 38.8 Å². The third-order valence-corrected chi connectivity index (χ3v) is 3.50. The lowest BCUT2D eigenvalue weighted by atomic mass is 10.2. The fourth-order valence-corrected chi connectivity index (χ4v) is 2.40. The van der Waals surface area contributed by atoms with Gasteiger partial charge in [-0.1, -0.05) is 12.8 Å². The third-order valence-electron chi connectivity index (χ3n) is 3.50.